The van der Waals surface area contributed by atoms with Crippen LogP contribution in [0, 0.1) is 6.92 Å². The molecule has 6 heteroatoms. The molecule has 0 saturated heterocycles. The Morgan fingerprint density at radius 3 is 2.70 bits per heavy atom. The maximum absolute atomic E-state index is 12.3. The molecule has 118 valence electrons. The highest BCUT2D eigenvalue weighted by Crippen LogP contribution is 2.23. The Morgan fingerprint density at radius 2 is 2.09 bits per heavy atom. The zero-order valence-corrected chi connectivity index (χ0v) is 13.9. The zero-order chi connectivity index (χ0) is 16.2. The van der Waals surface area contributed by atoms with Gasteiger partial charge in [-0.2, -0.15) is 5.10 Å². The molecular formula is C17H18N4OS. The van der Waals surface area contributed by atoms with Gasteiger partial charge in [-0.15, -0.1) is 11.3 Å². The van der Waals surface area contributed by atoms with Crippen LogP contribution in [0.3, 0.4) is 0 Å². The third kappa shape index (κ3) is 3.65. The molecule has 2 aromatic heterocycles. The number of aryl methyl sites for hydroxylation is 2. The minimum absolute atomic E-state index is 0.0539. The number of aromatic nitrogens is 3. The van der Waals surface area contributed by atoms with Gasteiger partial charge in [0.1, 0.15) is 12.7 Å². The molecule has 5 nitrogen and oxygen atoms in total. The molecule has 1 aromatic carbocycles. The first-order valence-corrected chi connectivity index (χ1v) is 8.29. The summed E-state index contributed by atoms with van der Waals surface area (Å²) in [6.07, 6.45) is 4.16. The maximum atomic E-state index is 12.3. The van der Waals surface area contributed by atoms with E-state index in [0.29, 0.717) is 6.54 Å². The quantitative estimate of drug-likeness (QED) is 0.780. The second kappa shape index (κ2) is 6.75. The van der Waals surface area contributed by atoms with Gasteiger partial charge in [-0.3, -0.25) is 4.79 Å². The SMILES string of the molecule is CCc1sc(C(=O)Nc2ccc(Cn3cncn3)cc2)cc1C. The fourth-order valence-electron chi connectivity index (χ4n) is 2.37. The first kappa shape index (κ1) is 15.4. The molecule has 0 atom stereocenters. The Kier molecular flexibility index (Phi) is 4.52. The predicted octanol–water partition coefficient (Wildman–Crippen LogP) is 3.51. The average Bonchev–Trinajstić information content (AvgIpc) is 3.18. The maximum Gasteiger partial charge on any atom is 0.265 e. The van der Waals surface area contributed by atoms with E-state index in [-0.39, 0.29) is 5.91 Å². The van der Waals surface area contributed by atoms with E-state index in [1.165, 1.54) is 16.8 Å². The van der Waals surface area contributed by atoms with Crippen molar-refractivity contribution in [3.05, 3.63) is 63.9 Å². The topological polar surface area (TPSA) is 59.8 Å². The summed E-state index contributed by atoms with van der Waals surface area (Å²) in [4.78, 5) is 18.3. The number of amides is 1. The number of hydrogen-bond acceptors (Lipinski definition) is 4. The van der Waals surface area contributed by atoms with Crippen molar-refractivity contribution in [3.8, 4) is 0 Å². The van der Waals surface area contributed by atoms with E-state index < -0.39 is 0 Å². The molecule has 1 N–H and O–H groups in total. The Hall–Kier alpha value is -2.47. The van der Waals surface area contributed by atoms with Crippen molar-refractivity contribution in [1.82, 2.24) is 14.8 Å². The summed E-state index contributed by atoms with van der Waals surface area (Å²) in [5.74, 6) is -0.0539. The van der Waals surface area contributed by atoms with Crippen LogP contribution in [0.2, 0.25) is 0 Å². The molecule has 0 bridgehead atoms. The number of rotatable bonds is 5. The van der Waals surface area contributed by atoms with E-state index in [9.17, 15) is 4.79 Å². The molecule has 0 aliphatic carbocycles. The summed E-state index contributed by atoms with van der Waals surface area (Å²) in [6, 6.07) is 9.73. The molecule has 0 spiro atoms. The summed E-state index contributed by atoms with van der Waals surface area (Å²) in [5.41, 5.74) is 3.08. The van der Waals surface area contributed by atoms with Gasteiger partial charge in [0.25, 0.3) is 5.91 Å². The molecule has 0 aliphatic heterocycles. The lowest BCUT2D eigenvalue weighted by Crippen LogP contribution is -2.10. The summed E-state index contributed by atoms with van der Waals surface area (Å²) in [6.45, 7) is 4.82. The van der Waals surface area contributed by atoms with Gasteiger partial charge in [-0.05, 0) is 42.7 Å². The van der Waals surface area contributed by atoms with Crippen LogP contribution in [0.25, 0.3) is 0 Å². The Morgan fingerprint density at radius 1 is 1.30 bits per heavy atom. The van der Waals surface area contributed by atoms with E-state index in [4.69, 9.17) is 0 Å². The van der Waals surface area contributed by atoms with Crippen molar-refractivity contribution in [2.75, 3.05) is 5.32 Å². The van der Waals surface area contributed by atoms with Gasteiger partial charge in [-0.25, -0.2) is 9.67 Å². The van der Waals surface area contributed by atoms with Crippen LogP contribution >= 0.6 is 11.3 Å². The second-order valence-electron chi connectivity index (χ2n) is 5.31. The second-order valence-corrected chi connectivity index (χ2v) is 6.45. The minimum Gasteiger partial charge on any atom is -0.321 e. The van der Waals surface area contributed by atoms with Crippen LogP contribution in [-0.2, 0) is 13.0 Å². The summed E-state index contributed by atoms with van der Waals surface area (Å²) >= 11 is 1.56. The van der Waals surface area contributed by atoms with E-state index in [1.807, 2.05) is 37.3 Å². The highest BCUT2D eigenvalue weighted by Gasteiger charge is 2.11. The average molecular weight is 326 g/mol. The lowest BCUT2D eigenvalue weighted by atomic mass is 10.2. The number of carbonyl (C=O) groups is 1. The van der Waals surface area contributed by atoms with Crippen molar-refractivity contribution in [3.63, 3.8) is 0 Å². The standard InChI is InChI=1S/C17H18N4OS/c1-3-15-12(2)8-16(23-15)17(22)20-14-6-4-13(5-7-14)9-21-11-18-10-19-21/h4-8,10-11H,3,9H2,1-2H3,(H,20,22). The van der Waals surface area contributed by atoms with E-state index in [2.05, 4.69) is 22.3 Å². The number of thiophene rings is 1. The largest absolute Gasteiger partial charge is 0.321 e. The number of benzene rings is 1. The molecule has 0 unspecified atom stereocenters. The molecule has 0 fully saturated rings. The highest BCUT2D eigenvalue weighted by molar-refractivity contribution is 7.14. The lowest BCUT2D eigenvalue weighted by Gasteiger charge is -2.05. The first-order chi connectivity index (χ1) is 11.2. The summed E-state index contributed by atoms with van der Waals surface area (Å²) < 4.78 is 1.76. The van der Waals surface area contributed by atoms with Crippen molar-refractivity contribution < 1.29 is 4.79 Å². The van der Waals surface area contributed by atoms with Crippen molar-refractivity contribution in [1.29, 1.82) is 0 Å². The fourth-order valence-corrected chi connectivity index (χ4v) is 3.38. The fraction of sp³-hybridized carbons (Fsp3) is 0.235. The van der Waals surface area contributed by atoms with Gasteiger partial charge >= 0.3 is 0 Å². The molecule has 3 rings (SSSR count). The molecule has 2 heterocycles. The van der Waals surface area contributed by atoms with Crippen LogP contribution in [0.1, 0.15) is 32.6 Å². The highest BCUT2D eigenvalue weighted by atomic mass is 32.1. The van der Waals surface area contributed by atoms with Gasteiger partial charge in [-0.1, -0.05) is 19.1 Å². The number of carbonyl (C=O) groups excluding carboxylic acids is 1. The van der Waals surface area contributed by atoms with Gasteiger partial charge in [0.15, 0.2) is 0 Å². The predicted molar refractivity (Wildman–Crippen MR) is 92.0 cm³/mol. The smallest absolute Gasteiger partial charge is 0.265 e. The third-order valence-electron chi connectivity index (χ3n) is 3.59. The van der Waals surface area contributed by atoms with Crippen molar-refractivity contribution >= 4 is 22.9 Å². The first-order valence-electron chi connectivity index (χ1n) is 7.47. The van der Waals surface area contributed by atoms with Crippen LogP contribution in [0.5, 0.6) is 0 Å². The molecule has 0 radical (unpaired) electrons. The molecule has 0 saturated carbocycles. The van der Waals surface area contributed by atoms with Crippen LogP contribution in [-0.4, -0.2) is 20.7 Å². The molecule has 23 heavy (non-hydrogen) atoms. The van der Waals surface area contributed by atoms with Crippen LogP contribution in [0.4, 0.5) is 5.69 Å². The molecule has 3 aromatic rings. The van der Waals surface area contributed by atoms with Gasteiger partial charge in [0.2, 0.25) is 0 Å². The van der Waals surface area contributed by atoms with E-state index in [1.54, 1.807) is 22.3 Å². The van der Waals surface area contributed by atoms with Gasteiger partial charge in [0, 0.05) is 10.6 Å². The summed E-state index contributed by atoms with van der Waals surface area (Å²) in [7, 11) is 0. The Balaban J connectivity index is 1.66. The van der Waals surface area contributed by atoms with Crippen LogP contribution < -0.4 is 5.32 Å². The summed E-state index contributed by atoms with van der Waals surface area (Å²) in [5, 5.41) is 7.02. The van der Waals surface area contributed by atoms with Crippen molar-refractivity contribution in [2.24, 2.45) is 0 Å². The number of anilines is 1. The molecule has 0 aliphatic rings. The van der Waals surface area contributed by atoms with E-state index >= 15 is 0 Å². The number of hydrogen-bond donors (Lipinski definition) is 1. The van der Waals surface area contributed by atoms with Gasteiger partial charge < -0.3 is 5.32 Å². The lowest BCUT2D eigenvalue weighted by molar-refractivity contribution is 0.103. The molecule has 1 amide bonds. The Labute approximate surface area is 139 Å². The monoisotopic (exact) mass is 326 g/mol. The third-order valence-corrected chi connectivity index (χ3v) is 4.97. The van der Waals surface area contributed by atoms with Crippen LogP contribution in [0.15, 0.2) is 43.0 Å². The minimum atomic E-state index is -0.0539. The zero-order valence-electron chi connectivity index (χ0n) is 13.1. The van der Waals surface area contributed by atoms with E-state index in [0.717, 1.165) is 22.5 Å². The number of nitrogens with one attached hydrogen (secondary N) is 1. The number of nitrogens with zero attached hydrogens (tertiary/aromatic N) is 3. The van der Waals surface area contributed by atoms with Gasteiger partial charge in [0.05, 0.1) is 11.4 Å². The van der Waals surface area contributed by atoms with Crippen molar-refractivity contribution in [2.45, 2.75) is 26.8 Å². The normalized spacial score (nSPS) is 10.7. The molecular weight excluding hydrogens is 308 g/mol. The Bertz CT molecular complexity index is 791.